The van der Waals surface area contributed by atoms with Gasteiger partial charge in [0.05, 0.1) is 6.10 Å². The first-order chi connectivity index (χ1) is 10.6. The van der Waals surface area contributed by atoms with Crippen LogP contribution < -0.4 is 5.32 Å². The molecule has 0 saturated carbocycles. The van der Waals surface area contributed by atoms with E-state index >= 15 is 0 Å². The SMILES string of the molecule is COC(C)CCC(=O)N1CCC(Nc2cccc(C)c2)CC1. The van der Waals surface area contributed by atoms with Crippen LogP contribution in [0, 0.1) is 6.92 Å². The third-order valence-corrected chi connectivity index (χ3v) is 4.40. The molecule has 0 bridgehead atoms. The van der Waals surface area contributed by atoms with Gasteiger partial charge in [-0.2, -0.15) is 0 Å². The highest BCUT2D eigenvalue weighted by Gasteiger charge is 2.22. The highest BCUT2D eigenvalue weighted by Crippen LogP contribution is 2.18. The smallest absolute Gasteiger partial charge is 0.222 e. The number of likely N-dealkylation sites (tertiary alicyclic amines) is 1. The van der Waals surface area contributed by atoms with Crippen LogP contribution in [0.5, 0.6) is 0 Å². The summed E-state index contributed by atoms with van der Waals surface area (Å²) in [6, 6.07) is 8.92. The van der Waals surface area contributed by atoms with E-state index in [0.717, 1.165) is 32.4 Å². The Morgan fingerprint density at radius 2 is 2.14 bits per heavy atom. The molecule has 1 saturated heterocycles. The number of aryl methyl sites for hydroxylation is 1. The topological polar surface area (TPSA) is 41.6 Å². The summed E-state index contributed by atoms with van der Waals surface area (Å²) in [6.45, 7) is 5.81. The number of benzene rings is 1. The predicted molar refractivity (Wildman–Crippen MR) is 90.1 cm³/mol. The van der Waals surface area contributed by atoms with Crippen LogP contribution in [-0.2, 0) is 9.53 Å². The van der Waals surface area contributed by atoms with E-state index in [1.165, 1.54) is 11.3 Å². The average molecular weight is 304 g/mol. The van der Waals surface area contributed by atoms with Gasteiger partial charge in [0.2, 0.25) is 5.91 Å². The van der Waals surface area contributed by atoms with Crippen LogP contribution in [0.25, 0.3) is 0 Å². The molecule has 0 aromatic heterocycles. The number of methoxy groups -OCH3 is 1. The van der Waals surface area contributed by atoms with Gasteiger partial charge in [-0.25, -0.2) is 0 Å². The molecule has 1 N–H and O–H groups in total. The number of piperidine rings is 1. The molecule has 2 rings (SSSR count). The van der Waals surface area contributed by atoms with Crippen molar-refractivity contribution in [1.29, 1.82) is 0 Å². The zero-order chi connectivity index (χ0) is 15.9. The van der Waals surface area contributed by atoms with Gasteiger partial charge in [-0.05, 0) is 50.8 Å². The number of hydrogen-bond acceptors (Lipinski definition) is 3. The summed E-state index contributed by atoms with van der Waals surface area (Å²) in [5.41, 5.74) is 2.45. The van der Waals surface area contributed by atoms with E-state index in [4.69, 9.17) is 4.74 Å². The van der Waals surface area contributed by atoms with E-state index in [0.29, 0.717) is 12.5 Å². The van der Waals surface area contributed by atoms with Crippen molar-refractivity contribution >= 4 is 11.6 Å². The average Bonchev–Trinajstić information content (AvgIpc) is 2.53. The molecule has 0 aliphatic carbocycles. The maximum atomic E-state index is 12.2. The number of ether oxygens (including phenoxy) is 1. The first-order valence-electron chi connectivity index (χ1n) is 8.22. The van der Waals surface area contributed by atoms with Crippen molar-refractivity contribution in [1.82, 2.24) is 4.90 Å². The molecule has 1 aliphatic rings. The summed E-state index contributed by atoms with van der Waals surface area (Å²) >= 11 is 0. The Morgan fingerprint density at radius 3 is 2.77 bits per heavy atom. The lowest BCUT2D eigenvalue weighted by molar-refractivity contribution is -0.132. The van der Waals surface area contributed by atoms with Gasteiger partial charge >= 0.3 is 0 Å². The zero-order valence-electron chi connectivity index (χ0n) is 14.0. The Morgan fingerprint density at radius 1 is 1.41 bits per heavy atom. The molecule has 1 aliphatic heterocycles. The molecule has 4 heteroatoms. The van der Waals surface area contributed by atoms with E-state index in [1.807, 2.05) is 11.8 Å². The Hall–Kier alpha value is -1.55. The van der Waals surface area contributed by atoms with Crippen molar-refractivity contribution in [2.24, 2.45) is 0 Å². The minimum atomic E-state index is 0.157. The van der Waals surface area contributed by atoms with Gasteiger partial charge in [0.25, 0.3) is 0 Å². The zero-order valence-corrected chi connectivity index (χ0v) is 14.0. The van der Waals surface area contributed by atoms with Gasteiger partial charge in [-0.1, -0.05) is 12.1 Å². The lowest BCUT2D eigenvalue weighted by Crippen LogP contribution is -2.42. The van der Waals surface area contributed by atoms with Gasteiger partial charge in [-0.3, -0.25) is 4.79 Å². The third-order valence-electron chi connectivity index (χ3n) is 4.40. The van der Waals surface area contributed by atoms with Crippen LogP contribution in [0.4, 0.5) is 5.69 Å². The molecule has 1 atom stereocenters. The van der Waals surface area contributed by atoms with Gasteiger partial charge < -0.3 is 15.0 Å². The Labute approximate surface area is 133 Å². The van der Waals surface area contributed by atoms with Crippen LogP contribution in [-0.4, -0.2) is 43.2 Å². The number of rotatable bonds is 6. The molecule has 1 aromatic rings. The minimum Gasteiger partial charge on any atom is -0.382 e. The van der Waals surface area contributed by atoms with Gasteiger partial charge in [0, 0.05) is 38.3 Å². The van der Waals surface area contributed by atoms with Crippen molar-refractivity contribution in [3.05, 3.63) is 29.8 Å². The second kappa shape index (κ2) is 8.18. The molecule has 0 spiro atoms. The standard InChI is InChI=1S/C18H28N2O2/c1-14-5-4-6-17(13-14)19-16-9-11-20(12-10-16)18(21)8-7-15(2)22-3/h4-6,13,15-16,19H,7-12H2,1-3H3. The second-order valence-electron chi connectivity index (χ2n) is 6.25. The van der Waals surface area contributed by atoms with Crippen molar-refractivity contribution in [3.8, 4) is 0 Å². The molecule has 4 nitrogen and oxygen atoms in total. The van der Waals surface area contributed by atoms with Crippen LogP contribution in [0.3, 0.4) is 0 Å². The highest BCUT2D eigenvalue weighted by atomic mass is 16.5. The van der Waals surface area contributed by atoms with E-state index in [9.17, 15) is 4.79 Å². The predicted octanol–water partition coefficient (Wildman–Crippen LogP) is 3.21. The summed E-state index contributed by atoms with van der Waals surface area (Å²) in [7, 11) is 1.69. The maximum absolute atomic E-state index is 12.2. The lowest BCUT2D eigenvalue weighted by atomic mass is 10.0. The number of nitrogens with zero attached hydrogens (tertiary/aromatic N) is 1. The summed E-state index contributed by atoms with van der Waals surface area (Å²) in [5, 5.41) is 3.58. The van der Waals surface area contributed by atoms with Crippen LogP contribution in [0.1, 0.15) is 38.2 Å². The van der Waals surface area contributed by atoms with Crippen molar-refractivity contribution in [2.45, 2.75) is 51.7 Å². The maximum Gasteiger partial charge on any atom is 0.222 e. The fraction of sp³-hybridized carbons (Fsp3) is 0.611. The Balaban J connectivity index is 1.74. The number of carbonyl (C=O) groups is 1. The van der Waals surface area contributed by atoms with Gasteiger partial charge in [0.1, 0.15) is 0 Å². The monoisotopic (exact) mass is 304 g/mol. The van der Waals surface area contributed by atoms with E-state index < -0.39 is 0 Å². The van der Waals surface area contributed by atoms with E-state index in [2.05, 4.69) is 36.5 Å². The summed E-state index contributed by atoms with van der Waals surface area (Å²) in [6.07, 6.45) is 3.57. The Kier molecular flexibility index (Phi) is 6.25. The summed E-state index contributed by atoms with van der Waals surface area (Å²) in [4.78, 5) is 14.2. The largest absolute Gasteiger partial charge is 0.382 e. The summed E-state index contributed by atoms with van der Waals surface area (Å²) in [5.74, 6) is 0.262. The normalized spacial score (nSPS) is 17.3. The molecule has 1 fully saturated rings. The van der Waals surface area contributed by atoms with Crippen LogP contribution >= 0.6 is 0 Å². The molecule has 0 radical (unpaired) electrons. The highest BCUT2D eigenvalue weighted by molar-refractivity contribution is 5.76. The first-order valence-corrected chi connectivity index (χ1v) is 8.22. The van der Waals surface area contributed by atoms with Crippen molar-refractivity contribution in [3.63, 3.8) is 0 Å². The Bertz CT molecular complexity index is 482. The van der Waals surface area contributed by atoms with Crippen molar-refractivity contribution in [2.75, 3.05) is 25.5 Å². The van der Waals surface area contributed by atoms with Crippen molar-refractivity contribution < 1.29 is 9.53 Å². The molecule has 22 heavy (non-hydrogen) atoms. The number of carbonyl (C=O) groups excluding carboxylic acids is 1. The summed E-state index contributed by atoms with van der Waals surface area (Å²) < 4.78 is 5.20. The molecule has 1 unspecified atom stereocenters. The second-order valence-corrected chi connectivity index (χ2v) is 6.25. The third kappa shape index (κ3) is 5.02. The fourth-order valence-electron chi connectivity index (χ4n) is 2.85. The number of anilines is 1. The van der Waals surface area contributed by atoms with Crippen LogP contribution in [0.15, 0.2) is 24.3 Å². The minimum absolute atomic E-state index is 0.157. The molecule has 1 heterocycles. The first kappa shape index (κ1) is 16.8. The molecular weight excluding hydrogens is 276 g/mol. The quantitative estimate of drug-likeness (QED) is 0.877. The lowest BCUT2D eigenvalue weighted by Gasteiger charge is -2.33. The molecule has 122 valence electrons. The molecule has 1 amide bonds. The fourth-order valence-corrected chi connectivity index (χ4v) is 2.85. The van der Waals surface area contributed by atoms with E-state index in [1.54, 1.807) is 7.11 Å². The number of amides is 1. The van der Waals surface area contributed by atoms with Gasteiger partial charge in [0.15, 0.2) is 0 Å². The number of nitrogens with one attached hydrogen (secondary N) is 1. The van der Waals surface area contributed by atoms with E-state index in [-0.39, 0.29) is 12.0 Å². The number of hydrogen-bond donors (Lipinski definition) is 1. The van der Waals surface area contributed by atoms with Gasteiger partial charge in [-0.15, -0.1) is 0 Å². The molecular formula is C18H28N2O2. The molecule has 1 aromatic carbocycles. The van der Waals surface area contributed by atoms with Crippen LogP contribution in [0.2, 0.25) is 0 Å².